The van der Waals surface area contributed by atoms with Crippen LogP contribution in [0.5, 0.6) is 0 Å². The number of hydrogen-bond donors (Lipinski definition) is 1. The fourth-order valence-corrected chi connectivity index (χ4v) is 2.62. The van der Waals surface area contributed by atoms with E-state index < -0.39 is 42.9 Å². The summed E-state index contributed by atoms with van der Waals surface area (Å²) >= 11 is 5.50. The number of hydrogen-bond acceptors (Lipinski definition) is 4. The van der Waals surface area contributed by atoms with Gasteiger partial charge in [-0.25, -0.2) is 17.6 Å². The molecule has 0 fully saturated rings. The average Bonchev–Trinajstić information content (AvgIpc) is 2.12. The number of carboxylic acid groups (broad SMARTS) is 1. The summed E-state index contributed by atoms with van der Waals surface area (Å²) in [6.45, 7) is 0. The van der Waals surface area contributed by atoms with Crippen LogP contribution in [0.4, 0.5) is 4.39 Å². The number of Topliss-reactive ketones (excluding diaryl/α,β-unsaturated/α-hetero) is 1. The summed E-state index contributed by atoms with van der Waals surface area (Å²) in [4.78, 5) is 20.6. The van der Waals surface area contributed by atoms with Gasteiger partial charge in [-0.3, -0.25) is 4.79 Å². The second-order valence-corrected chi connectivity index (χ2v) is 5.54. The van der Waals surface area contributed by atoms with Crippen molar-refractivity contribution >= 4 is 33.2 Å². The molecule has 1 N–H and O–H groups in total. The van der Waals surface area contributed by atoms with E-state index in [1.54, 1.807) is 0 Å². The first-order valence-corrected chi connectivity index (χ1v) is 6.38. The van der Waals surface area contributed by atoms with Crippen molar-refractivity contribution in [2.24, 2.45) is 0 Å². The number of benzene rings is 1. The van der Waals surface area contributed by atoms with E-state index in [9.17, 15) is 22.4 Å². The Balaban J connectivity index is 3.49. The first-order valence-electron chi connectivity index (χ1n) is 4.11. The van der Waals surface area contributed by atoms with Crippen molar-refractivity contribution in [1.29, 1.82) is 0 Å². The van der Waals surface area contributed by atoms with E-state index in [1.165, 1.54) is 0 Å². The Bertz CT molecular complexity index is 585. The van der Waals surface area contributed by atoms with Crippen LogP contribution in [-0.4, -0.2) is 31.5 Å². The summed E-state index contributed by atoms with van der Waals surface area (Å²) < 4.78 is 35.7. The molecule has 0 saturated heterocycles. The van der Waals surface area contributed by atoms with Crippen LogP contribution in [0.25, 0.3) is 0 Å². The molecule has 17 heavy (non-hydrogen) atoms. The number of sulfone groups is 1. The molecule has 0 bridgehead atoms. The van der Waals surface area contributed by atoms with E-state index in [2.05, 4.69) is 0 Å². The van der Waals surface area contributed by atoms with Crippen LogP contribution in [0.15, 0.2) is 17.0 Å². The molecule has 0 aliphatic rings. The largest absolute Gasteiger partial charge is 0.475 e. The highest BCUT2D eigenvalue weighted by Crippen LogP contribution is 2.26. The van der Waals surface area contributed by atoms with E-state index in [-0.39, 0.29) is 0 Å². The maximum absolute atomic E-state index is 13.4. The lowest BCUT2D eigenvalue weighted by Crippen LogP contribution is -2.14. The fraction of sp³-hybridized carbons (Fsp3) is 0.111. The number of carbonyl (C=O) groups is 2. The van der Waals surface area contributed by atoms with Crippen molar-refractivity contribution in [1.82, 2.24) is 0 Å². The lowest BCUT2D eigenvalue weighted by molar-refractivity contribution is -0.131. The summed E-state index contributed by atoms with van der Waals surface area (Å²) in [5, 5.41) is 7.88. The first-order chi connectivity index (χ1) is 7.64. The molecule has 0 unspecified atom stereocenters. The summed E-state index contributed by atoms with van der Waals surface area (Å²) in [6.07, 6.45) is 0.746. The standard InChI is InChI=1S/C9H6ClFO5S/c1-17(15,16)8-5(10)2-4(3-6(8)11)7(12)9(13)14/h2-3H,1H3,(H,13,14). The third-order valence-electron chi connectivity index (χ3n) is 1.83. The van der Waals surface area contributed by atoms with Crippen LogP contribution < -0.4 is 0 Å². The maximum atomic E-state index is 13.4. The highest BCUT2D eigenvalue weighted by molar-refractivity contribution is 7.90. The molecular weight excluding hydrogens is 275 g/mol. The summed E-state index contributed by atoms with van der Waals surface area (Å²) in [5.41, 5.74) is -0.521. The predicted octanol–water partition coefficient (Wildman–Crippen LogP) is 1.15. The molecule has 8 heteroatoms. The molecule has 1 aromatic rings. The molecule has 1 rings (SSSR count). The van der Waals surface area contributed by atoms with Gasteiger partial charge in [-0.05, 0) is 12.1 Å². The third-order valence-corrected chi connectivity index (χ3v) is 3.39. The molecule has 0 saturated carbocycles. The average molecular weight is 281 g/mol. The Hall–Kier alpha value is -1.47. The van der Waals surface area contributed by atoms with Gasteiger partial charge in [-0.1, -0.05) is 11.6 Å². The Morgan fingerprint density at radius 2 is 1.88 bits per heavy atom. The normalized spacial score (nSPS) is 11.2. The van der Waals surface area contributed by atoms with E-state index in [1.807, 2.05) is 0 Å². The molecule has 0 heterocycles. The number of carboxylic acids is 1. The van der Waals surface area contributed by atoms with E-state index >= 15 is 0 Å². The van der Waals surface area contributed by atoms with Crippen LogP contribution in [0.3, 0.4) is 0 Å². The Morgan fingerprint density at radius 1 is 1.35 bits per heavy atom. The lowest BCUT2D eigenvalue weighted by atomic mass is 10.1. The van der Waals surface area contributed by atoms with Gasteiger partial charge in [0.05, 0.1) is 5.02 Å². The SMILES string of the molecule is CS(=O)(=O)c1c(F)cc(C(=O)C(=O)O)cc1Cl. The minimum Gasteiger partial charge on any atom is -0.475 e. The first kappa shape index (κ1) is 13.6. The molecule has 0 spiro atoms. The van der Waals surface area contributed by atoms with Gasteiger partial charge in [0.2, 0.25) is 0 Å². The zero-order chi connectivity index (χ0) is 13.4. The smallest absolute Gasteiger partial charge is 0.377 e. The fourth-order valence-electron chi connectivity index (χ4n) is 1.17. The Morgan fingerprint density at radius 3 is 2.24 bits per heavy atom. The topological polar surface area (TPSA) is 88.5 Å². The number of ketones is 1. The molecule has 92 valence electrons. The molecule has 0 atom stereocenters. The van der Waals surface area contributed by atoms with Gasteiger partial charge in [-0.2, -0.15) is 0 Å². The second-order valence-electron chi connectivity index (χ2n) is 3.18. The van der Waals surface area contributed by atoms with Crippen LogP contribution in [-0.2, 0) is 14.6 Å². The molecule has 0 amide bonds. The summed E-state index contributed by atoms with van der Waals surface area (Å²) in [7, 11) is -3.89. The molecule has 1 aromatic carbocycles. The summed E-state index contributed by atoms with van der Waals surface area (Å²) in [5.74, 6) is -4.41. The minimum atomic E-state index is -3.89. The van der Waals surface area contributed by atoms with Crippen molar-refractivity contribution in [2.45, 2.75) is 4.90 Å². The van der Waals surface area contributed by atoms with Crippen molar-refractivity contribution < 1.29 is 27.5 Å². The molecule has 0 radical (unpaired) electrons. The zero-order valence-electron chi connectivity index (χ0n) is 8.40. The van der Waals surface area contributed by atoms with Gasteiger partial charge >= 0.3 is 5.97 Å². The highest BCUT2D eigenvalue weighted by atomic mass is 35.5. The highest BCUT2D eigenvalue weighted by Gasteiger charge is 2.23. The van der Waals surface area contributed by atoms with E-state index in [4.69, 9.17) is 16.7 Å². The zero-order valence-corrected chi connectivity index (χ0v) is 9.97. The van der Waals surface area contributed by atoms with Gasteiger partial charge in [0, 0.05) is 11.8 Å². The van der Waals surface area contributed by atoms with Gasteiger partial charge < -0.3 is 5.11 Å². The monoisotopic (exact) mass is 280 g/mol. The van der Waals surface area contributed by atoms with Gasteiger partial charge in [0.15, 0.2) is 9.84 Å². The number of carbonyl (C=O) groups excluding carboxylic acids is 1. The van der Waals surface area contributed by atoms with Crippen LogP contribution >= 0.6 is 11.6 Å². The van der Waals surface area contributed by atoms with Gasteiger partial charge in [0.1, 0.15) is 10.7 Å². The lowest BCUT2D eigenvalue weighted by Gasteiger charge is -2.05. The molecule has 0 aromatic heterocycles. The van der Waals surface area contributed by atoms with Crippen LogP contribution in [0.1, 0.15) is 10.4 Å². The molecule has 0 aliphatic carbocycles. The predicted molar refractivity (Wildman–Crippen MR) is 56.5 cm³/mol. The van der Waals surface area contributed by atoms with Crippen LogP contribution in [0, 0.1) is 5.82 Å². The van der Waals surface area contributed by atoms with Gasteiger partial charge in [0.25, 0.3) is 5.78 Å². The van der Waals surface area contributed by atoms with Crippen molar-refractivity contribution in [2.75, 3.05) is 6.26 Å². The molecule has 5 nitrogen and oxygen atoms in total. The minimum absolute atomic E-state index is 0.521. The summed E-state index contributed by atoms with van der Waals surface area (Å²) in [6, 6.07) is 1.33. The van der Waals surface area contributed by atoms with Crippen LogP contribution in [0.2, 0.25) is 5.02 Å². The second kappa shape index (κ2) is 4.42. The quantitative estimate of drug-likeness (QED) is 0.663. The maximum Gasteiger partial charge on any atom is 0.377 e. The Kier molecular flexibility index (Phi) is 3.53. The van der Waals surface area contributed by atoms with Gasteiger partial charge in [-0.15, -0.1) is 0 Å². The molecular formula is C9H6ClFO5S. The number of aliphatic carboxylic acids is 1. The van der Waals surface area contributed by atoms with E-state index in [0.717, 1.165) is 12.3 Å². The van der Waals surface area contributed by atoms with Crippen molar-refractivity contribution in [3.8, 4) is 0 Å². The number of rotatable bonds is 3. The Labute approximate surface area is 101 Å². The molecule has 0 aliphatic heterocycles. The van der Waals surface area contributed by atoms with Crippen molar-refractivity contribution in [3.05, 3.63) is 28.5 Å². The van der Waals surface area contributed by atoms with E-state index in [0.29, 0.717) is 6.07 Å². The number of halogens is 2. The van der Waals surface area contributed by atoms with Crippen molar-refractivity contribution in [3.63, 3.8) is 0 Å². The third kappa shape index (κ3) is 2.80.